The molecule has 0 radical (unpaired) electrons. The first-order chi connectivity index (χ1) is 14.1. The Hall–Kier alpha value is -2.83. The molecule has 30 heavy (non-hydrogen) atoms. The third kappa shape index (κ3) is 3.68. The van der Waals surface area contributed by atoms with E-state index >= 15 is 0 Å². The van der Waals surface area contributed by atoms with Gasteiger partial charge in [0.2, 0.25) is 15.8 Å². The molecule has 8 nitrogen and oxygen atoms in total. The van der Waals surface area contributed by atoms with Gasteiger partial charge in [0.05, 0.1) is 11.1 Å². The number of nitrogens with one attached hydrogen (secondary N) is 1. The number of H-pyrrole nitrogens is 1. The standard InChI is InChI=1S/C18H17F3N6O2S/c1-27-8-12(9-27)10-2-4-11(5-3-10)13-6-7-14(18(19,20)21)16(30(22,28)29)15(13)17-23-25-26-24-17/h2-7,12H,8-9H2,1H3,(H2,22,28,29)(H,23,24,25,26). The van der Waals surface area contributed by atoms with Crippen molar-refractivity contribution in [3.8, 4) is 22.5 Å². The summed E-state index contributed by atoms with van der Waals surface area (Å²) >= 11 is 0. The van der Waals surface area contributed by atoms with Crippen LogP contribution in [0, 0.1) is 0 Å². The number of hydrogen-bond acceptors (Lipinski definition) is 6. The topological polar surface area (TPSA) is 118 Å². The number of hydrogen-bond donors (Lipinski definition) is 2. The largest absolute Gasteiger partial charge is 0.417 e. The van der Waals surface area contributed by atoms with Gasteiger partial charge in [0.1, 0.15) is 4.90 Å². The molecule has 0 amide bonds. The molecule has 12 heteroatoms. The highest BCUT2D eigenvalue weighted by Gasteiger charge is 2.39. The Bertz CT molecular complexity index is 1170. The number of sulfonamides is 1. The second-order valence-corrected chi connectivity index (χ2v) is 8.68. The maximum Gasteiger partial charge on any atom is 0.417 e. The summed E-state index contributed by atoms with van der Waals surface area (Å²) in [6, 6.07) is 9.10. The van der Waals surface area contributed by atoms with E-state index in [2.05, 4.69) is 25.5 Å². The first-order valence-corrected chi connectivity index (χ1v) is 10.4. The molecule has 0 unspecified atom stereocenters. The fraction of sp³-hybridized carbons (Fsp3) is 0.278. The minimum atomic E-state index is -4.95. The molecule has 2 heterocycles. The quantitative estimate of drug-likeness (QED) is 0.645. The Morgan fingerprint density at radius 3 is 2.30 bits per heavy atom. The fourth-order valence-corrected chi connectivity index (χ4v) is 4.65. The van der Waals surface area contributed by atoms with Crippen molar-refractivity contribution in [1.29, 1.82) is 0 Å². The van der Waals surface area contributed by atoms with Gasteiger partial charge >= 0.3 is 6.18 Å². The number of benzene rings is 2. The zero-order chi connectivity index (χ0) is 21.7. The highest BCUT2D eigenvalue weighted by Crippen LogP contribution is 2.43. The van der Waals surface area contributed by atoms with E-state index in [-0.39, 0.29) is 17.0 Å². The number of tetrazole rings is 1. The molecule has 1 fully saturated rings. The average molecular weight is 438 g/mol. The Morgan fingerprint density at radius 1 is 1.13 bits per heavy atom. The predicted octanol–water partition coefficient (Wildman–Crippen LogP) is 2.23. The van der Waals surface area contributed by atoms with E-state index in [1.807, 2.05) is 19.2 Å². The molecule has 3 aromatic rings. The summed E-state index contributed by atoms with van der Waals surface area (Å²) in [5.41, 5.74) is 0.0620. The van der Waals surface area contributed by atoms with Crippen molar-refractivity contribution in [3.63, 3.8) is 0 Å². The van der Waals surface area contributed by atoms with Crippen molar-refractivity contribution in [3.05, 3.63) is 47.5 Å². The predicted molar refractivity (Wildman–Crippen MR) is 102 cm³/mol. The van der Waals surface area contributed by atoms with Crippen LogP contribution < -0.4 is 5.14 Å². The van der Waals surface area contributed by atoms with E-state index < -0.39 is 26.7 Å². The highest BCUT2D eigenvalue weighted by molar-refractivity contribution is 7.89. The van der Waals surface area contributed by atoms with E-state index in [0.29, 0.717) is 17.5 Å². The third-order valence-electron chi connectivity index (χ3n) is 5.07. The van der Waals surface area contributed by atoms with Gasteiger partial charge in [-0.1, -0.05) is 30.3 Å². The lowest BCUT2D eigenvalue weighted by atomic mass is 9.89. The van der Waals surface area contributed by atoms with Gasteiger partial charge in [-0.15, -0.1) is 10.2 Å². The lowest BCUT2D eigenvalue weighted by molar-refractivity contribution is -0.139. The molecular formula is C18H17F3N6O2S. The molecule has 1 saturated heterocycles. The molecule has 0 bridgehead atoms. The number of halogens is 3. The first kappa shape index (κ1) is 20.4. The van der Waals surface area contributed by atoms with Gasteiger partial charge in [-0.3, -0.25) is 0 Å². The van der Waals surface area contributed by atoms with Crippen molar-refractivity contribution in [2.75, 3.05) is 20.1 Å². The van der Waals surface area contributed by atoms with Gasteiger partial charge in [-0.25, -0.2) is 13.6 Å². The number of nitrogens with zero attached hydrogens (tertiary/aromatic N) is 4. The number of alkyl halides is 3. The van der Waals surface area contributed by atoms with Crippen molar-refractivity contribution in [2.24, 2.45) is 5.14 Å². The molecule has 1 aromatic heterocycles. The van der Waals surface area contributed by atoms with Crippen molar-refractivity contribution >= 4 is 10.0 Å². The monoisotopic (exact) mass is 438 g/mol. The summed E-state index contributed by atoms with van der Waals surface area (Å²) in [5, 5.41) is 18.1. The van der Waals surface area contributed by atoms with E-state index in [4.69, 9.17) is 5.14 Å². The lowest BCUT2D eigenvalue weighted by Gasteiger charge is -2.36. The van der Waals surface area contributed by atoms with Crippen molar-refractivity contribution < 1.29 is 21.6 Å². The van der Waals surface area contributed by atoms with Crippen LogP contribution in [0.15, 0.2) is 41.3 Å². The molecule has 2 aromatic carbocycles. The second kappa shape index (κ2) is 7.15. The van der Waals surface area contributed by atoms with Crippen molar-refractivity contribution in [2.45, 2.75) is 17.0 Å². The summed E-state index contributed by atoms with van der Waals surface area (Å²) < 4.78 is 65.1. The second-order valence-electron chi connectivity index (χ2n) is 7.18. The van der Waals surface area contributed by atoms with Gasteiger partial charge in [-0.05, 0) is 35.0 Å². The van der Waals surface area contributed by atoms with E-state index in [1.54, 1.807) is 12.1 Å². The molecule has 0 aliphatic carbocycles. The van der Waals surface area contributed by atoms with Crippen molar-refractivity contribution in [1.82, 2.24) is 25.5 Å². The maximum atomic E-state index is 13.6. The van der Waals surface area contributed by atoms with E-state index in [9.17, 15) is 21.6 Å². The zero-order valence-electron chi connectivity index (χ0n) is 15.7. The van der Waals surface area contributed by atoms with Gasteiger partial charge in [0.25, 0.3) is 0 Å². The molecule has 158 valence electrons. The summed E-state index contributed by atoms with van der Waals surface area (Å²) in [6.45, 7) is 1.84. The molecule has 0 saturated carbocycles. The Labute approximate surface area is 169 Å². The van der Waals surface area contributed by atoms with Crippen LogP contribution in [0.5, 0.6) is 0 Å². The van der Waals surface area contributed by atoms with Gasteiger partial charge < -0.3 is 4.90 Å². The van der Waals surface area contributed by atoms with Gasteiger partial charge in [0.15, 0.2) is 0 Å². The molecule has 1 aliphatic heterocycles. The average Bonchev–Trinajstić information content (AvgIpc) is 3.17. The normalized spacial score (nSPS) is 15.9. The van der Waals surface area contributed by atoms with Crippen LogP contribution in [-0.2, 0) is 16.2 Å². The Balaban J connectivity index is 1.92. The minimum Gasteiger partial charge on any atom is -0.305 e. The Morgan fingerprint density at radius 2 is 1.80 bits per heavy atom. The number of aromatic amines is 1. The summed E-state index contributed by atoms with van der Waals surface area (Å²) in [4.78, 5) is 1.08. The fourth-order valence-electron chi connectivity index (χ4n) is 3.68. The van der Waals surface area contributed by atoms with Crippen LogP contribution >= 0.6 is 0 Å². The molecule has 0 atom stereocenters. The molecule has 4 rings (SSSR count). The molecule has 0 spiro atoms. The van der Waals surface area contributed by atoms with Gasteiger partial charge in [-0.2, -0.15) is 18.4 Å². The number of rotatable bonds is 4. The first-order valence-electron chi connectivity index (χ1n) is 8.85. The van der Waals surface area contributed by atoms with E-state index in [0.717, 1.165) is 18.7 Å². The summed E-state index contributed by atoms with van der Waals surface area (Å²) in [5.74, 6) is 0.0816. The molecule has 3 N–H and O–H groups in total. The van der Waals surface area contributed by atoms with E-state index in [1.165, 1.54) is 6.07 Å². The smallest absolute Gasteiger partial charge is 0.305 e. The minimum absolute atomic E-state index is 0.200. The highest BCUT2D eigenvalue weighted by atomic mass is 32.2. The number of primary sulfonamides is 1. The number of likely N-dealkylation sites (N-methyl/N-ethyl adjacent to an activating group) is 1. The summed E-state index contributed by atoms with van der Waals surface area (Å²) in [7, 11) is -2.76. The van der Waals surface area contributed by atoms with Crippen LogP contribution in [0.1, 0.15) is 17.0 Å². The number of likely N-dealkylation sites (tertiary alicyclic amines) is 1. The SMILES string of the molecule is CN1CC(c2ccc(-c3ccc(C(F)(F)F)c(S(N)(=O)=O)c3-c3nn[nH]n3)cc2)C1. The zero-order valence-corrected chi connectivity index (χ0v) is 16.5. The van der Waals surface area contributed by atoms with Crippen LogP contribution in [0.25, 0.3) is 22.5 Å². The number of nitrogens with two attached hydrogens (primary N) is 1. The summed E-state index contributed by atoms with van der Waals surface area (Å²) in [6.07, 6.45) is -4.95. The van der Waals surface area contributed by atoms with Crippen LogP contribution in [0.3, 0.4) is 0 Å². The lowest BCUT2D eigenvalue weighted by Crippen LogP contribution is -2.41. The van der Waals surface area contributed by atoms with Crippen LogP contribution in [-0.4, -0.2) is 54.1 Å². The molecular weight excluding hydrogens is 421 g/mol. The maximum absolute atomic E-state index is 13.6. The van der Waals surface area contributed by atoms with Crippen LogP contribution in [0.2, 0.25) is 0 Å². The molecule has 1 aliphatic rings. The Kier molecular flexibility index (Phi) is 4.87. The third-order valence-corrected chi connectivity index (χ3v) is 6.07. The number of aromatic nitrogens is 4. The van der Waals surface area contributed by atoms with Crippen LogP contribution in [0.4, 0.5) is 13.2 Å². The van der Waals surface area contributed by atoms with Gasteiger partial charge in [0, 0.05) is 19.0 Å².